The monoisotopic (exact) mass is 330 g/mol. The van der Waals surface area contributed by atoms with Gasteiger partial charge in [-0.15, -0.1) is 0 Å². The van der Waals surface area contributed by atoms with E-state index in [1.165, 1.54) is 6.07 Å². The lowest BCUT2D eigenvalue weighted by Gasteiger charge is -2.21. The molecule has 0 spiro atoms. The zero-order chi connectivity index (χ0) is 17.4. The van der Waals surface area contributed by atoms with E-state index in [9.17, 15) is 14.0 Å². The van der Waals surface area contributed by atoms with Gasteiger partial charge in [0.25, 0.3) is 0 Å². The van der Waals surface area contributed by atoms with E-state index < -0.39 is 5.97 Å². The molecule has 4 nitrogen and oxygen atoms in total. The minimum Gasteiger partial charge on any atom is -0.457 e. The maximum atomic E-state index is 14.0. The fraction of sp³-hybridized carbons (Fsp3) is 0.368. The zero-order valence-corrected chi connectivity index (χ0v) is 13.9. The molecule has 0 radical (unpaired) electrons. The molecular formula is C19H19FO4. The first-order valence-electron chi connectivity index (χ1n) is 7.99. The molecule has 0 amide bonds. The van der Waals surface area contributed by atoms with Gasteiger partial charge in [-0.2, -0.15) is 0 Å². The maximum Gasteiger partial charge on any atom is 0.374 e. The van der Waals surface area contributed by atoms with Crippen LogP contribution in [0.1, 0.15) is 64.0 Å². The van der Waals surface area contributed by atoms with Gasteiger partial charge in [0, 0.05) is 24.3 Å². The van der Waals surface area contributed by atoms with E-state index in [1.807, 2.05) is 0 Å². The van der Waals surface area contributed by atoms with E-state index in [0.717, 1.165) is 0 Å². The first-order chi connectivity index (χ1) is 11.4. The molecule has 5 heteroatoms. The van der Waals surface area contributed by atoms with Crippen LogP contribution in [0.15, 0.2) is 28.7 Å². The van der Waals surface area contributed by atoms with Crippen LogP contribution in [0, 0.1) is 12.7 Å². The minimum atomic E-state index is -0.577. The molecule has 2 aromatic rings. The summed E-state index contributed by atoms with van der Waals surface area (Å²) in [5, 5.41) is 0. The van der Waals surface area contributed by atoms with Crippen molar-refractivity contribution in [1.82, 2.24) is 0 Å². The Morgan fingerprint density at radius 2 is 2.00 bits per heavy atom. The van der Waals surface area contributed by atoms with Gasteiger partial charge in [0.15, 0.2) is 5.78 Å². The van der Waals surface area contributed by atoms with Crippen molar-refractivity contribution in [2.24, 2.45) is 0 Å². The number of carbonyl (C=O) groups is 2. The molecule has 0 saturated carbocycles. The summed E-state index contributed by atoms with van der Waals surface area (Å²) in [5.74, 6) is -0.822. The molecule has 1 aromatic carbocycles. The highest BCUT2D eigenvalue weighted by atomic mass is 19.1. The van der Waals surface area contributed by atoms with Crippen molar-refractivity contribution in [2.45, 2.75) is 45.6 Å². The highest BCUT2D eigenvalue weighted by Crippen LogP contribution is 2.37. The molecule has 1 aliphatic carbocycles. The number of fused-ring (bicyclic) bond motifs is 1. The van der Waals surface area contributed by atoms with Gasteiger partial charge in [0.1, 0.15) is 11.6 Å². The number of benzene rings is 1. The molecule has 1 heterocycles. The number of ketones is 1. The number of furan rings is 1. The fourth-order valence-corrected chi connectivity index (χ4v) is 3.19. The fourth-order valence-electron chi connectivity index (χ4n) is 3.19. The van der Waals surface area contributed by atoms with Crippen molar-refractivity contribution in [3.05, 3.63) is 58.3 Å². The van der Waals surface area contributed by atoms with Crippen molar-refractivity contribution in [3.63, 3.8) is 0 Å². The van der Waals surface area contributed by atoms with E-state index in [-0.39, 0.29) is 35.8 Å². The number of esters is 1. The average molecular weight is 330 g/mol. The summed E-state index contributed by atoms with van der Waals surface area (Å²) in [4.78, 5) is 24.6. The van der Waals surface area contributed by atoms with Crippen molar-refractivity contribution >= 4 is 11.8 Å². The molecule has 3 rings (SSSR count). The molecule has 1 atom stereocenters. The minimum absolute atomic E-state index is 0.0660. The van der Waals surface area contributed by atoms with Crippen molar-refractivity contribution in [2.75, 3.05) is 0 Å². The van der Waals surface area contributed by atoms with Crippen LogP contribution in [-0.2, 0) is 11.2 Å². The van der Waals surface area contributed by atoms with Crippen LogP contribution in [-0.4, -0.2) is 17.9 Å². The Morgan fingerprint density at radius 1 is 1.29 bits per heavy atom. The van der Waals surface area contributed by atoms with Crippen LogP contribution >= 0.6 is 0 Å². The summed E-state index contributed by atoms with van der Waals surface area (Å²) in [6.07, 6.45) is 0.311. The SMILES string of the molecule is Cc1c(C(=O)OC(C)C)oc2c1C(=O)C[C@H](c1ccccc1F)C2. The van der Waals surface area contributed by atoms with E-state index in [2.05, 4.69) is 0 Å². The van der Waals surface area contributed by atoms with Crippen LogP contribution in [0.4, 0.5) is 4.39 Å². The van der Waals surface area contributed by atoms with Crippen LogP contribution in [0.2, 0.25) is 0 Å². The van der Waals surface area contributed by atoms with E-state index in [0.29, 0.717) is 28.9 Å². The topological polar surface area (TPSA) is 56.5 Å². The van der Waals surface area contributed by atoms with Gasteiger partial charge in [-0.05, 0) is 32.4 Å². The summed E-state index contributed by atoms with van der Waals surface area (Å²) < 4.78 is 24.8. The highest BCUT2D eigenvalue weighted by molar-refractivity contribution is 6.03. The second-order valence-corrected chi connectivity index (χ2v) is 6.36. The molecule has 126 valence electrons. The lowest BCUT2D eigenvalue weighted by molar-refractivity contribution is 0.0338. The maximum absolute atomic E-state index is 14.0. The van der Waals surface area contributed by atoms with Gasteiger partial charge in [-0.3, -0.25) is 4.79 Å². The highest BCUT2D eigenvalue weighted by Gasteiger charge is 2.35. The number of hydrogen-bond donors (Lipinski definition) is 0. The number of rotatable bonds is 3. The summed E-state index contributed by atoms with van der Waals surface area (Å²) >= 11 is 0. The van der Waals surface area contributed by atoms with E-state index in [1.54, 1.807) is 39.0 Å². The van der Waals surface area contributed by atoms with Crippen LogP contribution in [0.3, 0.4) is 0 Å². The van der Waals surface area contributed by atoms with Crippen LogP contribution in [0.5, 0.6) is 0 Å². The number of hydrogen-bond acceptors (Lipinski definition) is 4. The van der Waals surface area contributed by atoms with E-state index in [4.69, 9.17) is 9.15 Å². The molecule has 0 fully saturated rings. The molecule has 1 aliphatic rings. The second-order valence-electron chi connectivity index (χ2n) is 6.36. The van der Waals surface area contributed by atoms with Crippen LogP contribution < -0.4 is 0 Å². The Morgan fingerprint density at radius 3 is 2.67 bits per heavy atom. The molecule has 0 aliphatic heterocycles. The molecule has 0 unspecified atom stereocenters. The van der Waals surface area contributed by atoms with Gasteiger partial charge < -0.3 is 9.15 Å². The van der Waals surface area contributed by atoms with Crippen molar-refractivity contribution in [1.29, 1.82) is 0 Å². The molecular weight excluding hydrogens is 311 g/mol. The smallest absolute Gasteiger partial charge is 0.374 e. The Hall–Kier alpha value is -2.43. The van der Waals surface area contributed by atoms with E-state index >= 15 is 0 Å². The lowest BCUT2D eigenvalue weighted by atomic mass is 9.81. The van der Waals surface area contributed by atoms with Crippen LogP contribution in [0.25, 0.3) is 0 Å². The normalized spacial score (nSPS) is 17.0. The third-order valence-corrected chi connectivity index (χ3v) is 4.24. The molecule has 1 aromatic heterocycles. The third kappa shape index (κ3) is 2.86. The predicted molar refractivity (Wildman–Crippen MR) is 85.8 cm³/mol. The van der Waals surface area contributed by atoms with Gasteiger partial charge in [-0.1, -0.05) is 18.2 Å². The summed E-state index contributed by atoms with van der Waals surface area (Å²) in [6, 6.07) is 6.43. The summed E-state index contributed by atoms with van der Waals surface area (Å²) in [6.45, 7) is 5.17. The van der Waals surface area contributed by atoms with Gasteiger partial charge >= 0.3 is 5.97 Å². The Labute approximate surface area is 139 Å². The molecule has 0 N–H and O–H groups in total. The van der Waals surface area contributed by atoms with Gasteiger partial charge in [0.2, 0.25) is 5.76 Å². The molecule has 24 heavy (non-hydrogen) atoms. The van der Waals surface area contributed by atoms with Gasteiger partial charge in [-0.25, -0.2) is 9.18 Å². The average Bonchev–Trinajstić information content (AvgIpc) is 2.84. The lowest BCUT2D eigenvalue weighted by Crippen LogP contribution is -2.19. The zero-order valence-electron chi connectivity index (χ0n) is 13.9. The largest absolute Gasteiger partial charge is 0.457 e. The number of Topliss-reactive ketones (excluding diaryl/α,β-unsaturated/α-hetero) is 1. The first kappa shape index (κ1) is 16.4. The quantitative estimate of drug-likeness (QED) is 0.791. The molecule has 0 bridgehead atoms. The first-order valence-corrected chi connectivity index (χ1v) is 7.99. The summed E-state index contributed by atoms with van der Waals surface area (Å²) in [5.41, 5.74) is 1.45. The number of ether oxygens (including phenoxy) is 1. The Bertz CT molecular complexity index is 804. The molecule has 0 saturated heterocycles. The standard InChI is InChI=1S/C19H19FO4/c1-10(2)23-19(22)18-11(3)17-15(21)8-12(9-16(17)24-18)13-6-4-5-7-14(13)20/h4-7,10,12H,8-9H2,1-3H3/t12-/m0/s1. The third-order valence-electron chi connectivity index (χ3n) is 4.24. The van der Waals surface area contributed by atoms with Crippen molar-refractivity contribution in [3.8, 4) is 0 Å². The summed E-state index contributed by atoms with van der Waals surface area (Å²) in [7, 11) is 0. The van der Waals surface area contributed by atoms with Crippen molar-refractivity contribution < 1.29 is 23.1 Å². The Balaban J connectivity index is 1.96. The predicted octanol–water partition coefficient (Wildman–Crippen LogP) is 4.21. The Kier molecular flexibility index (Phi) is 4.26. The van der Waals surface area contributed by atoms with Gasteiger partial charge in [0.05, 0.1) is 11.7 Å². The number of carbonyl (C=O) groups excluding carboxylic acids is 2. The second kappa shape index (κ2) is 6.23. The number of halogens is 1.